The van der Waals surface area contributed by atoms with Gasteiger partial charge < -0.3 is 5.11 Å². The Bertz CT molecular complexity index is 562. The molecule has 0 saturated carbocycles. The second-order valence-corrected chi connectivity index (χ2v) is 8.35. The zero-order valence-electron chi connectivity index (χ0n) is 10.5. The molecule has 0 aromatic heterocycles. The van der Waals surface area contributed by atoms with Crippen LogP contribution in [0.2, 0.25) is 5.02 Å². The van der Waals surface area contributed by atoms with Crippen LogP contribution in [0.15, 0.2) is 23.1 Å². The van der Waals surface area contributed by atoms with Crippen molar-refractivity contribution >= 4 is 33.4 Å². The van der Waals surface area contributed by atoms with Gasteiger partial charge in [0.05, 0.1) is 11.5 Å². The maximum atomic E-state index is 12.5. The van der Waals surface area contributed by atoms with Gasteiger partial charge in [0.25, 0.3) is 0 Å². The van der Waals surface area contributed by atoms with Gasteiger partial charge >= 0.3 is 0 Å². The van der Waals surface area contributed by atoms with Gasteiger partial charge in [-0.2, -0.15) is 16.1 Å². The van der Waals surface area contributed by atoms with Crippen molar-refractivity contribution in [2.24, 2.45) is 0 Å². The first-order valence-corrected chi connectivity index (χ1v) is 8.83. The molecule has 1 aliphatic heterocycles. The quantitative estimate of drug-likeness (QED) is 0.924. The van der Waals surface area contributed by atoms with E-state index in [1.165, 1.54) is 16.4 Å². The number of hydrogen-bond acceptors (Lipinski definition) is 4. The lowest BCUT2D eigenvalue weighted by Crippen LogP contribution is -2.40. The van der Waals surface area contributed by atoms with Gasteiger partial charge in [0.2, 0.25) is 10.0 Å². The highest BCUT2D eigenvalue weighted by Gasteiger charge is 2.29. The van der Waals surface area contributed by atoms with E-state index in [4.69, 9.17) is 16.7 Å². The number of nitrogens with zero attached hydrogens (tertiary/aromatic N) is 1. The third kappa shape index (κ3) is 3.25. The molecule has 1 aromatic carbocycles. The van der Waals surface area contributed by atoms with Crippen molar-refractivity contribution in [1.82, 2.24) is 4.31 Å². The summed E-state index contributed by atoms with van der Waals surface area (Å²) in [7, 11) is -3.49. The van der Waals surface area contributed by atoms with E-state index in [2.05, 4.69) is 0 Å². The normalized spacial score (nSPS) is 21.5. The molecule has 0 radical (unpaired) electrons. The Morgan fingerprint density at radius 3 is 2.84 bits per heavy atom. The van der Waals surface area contributed by atoms with E-state index in [0.29, 0.717) is 23.9 Å². The predicted molar refractivity (Wildman–Crippen MR) is 78.1 cm³/mol. The van der Waals surface area contributed by atoms with E-state index in [9.17, 15) is 8.42 Å². The zero-order chi connectivity index (χ0) is 14.0. The minimum absolute atomic E-state index is 0.189. The largest absolute Gasteiger partial charge is 0.392 e. The number of thioether (sulfide) groups is 1. The molecule has 0 bridgehead atoms. The van der Waals surface area contributed by atoms with Crippen LogP contribution < -0.4 is 0 Å². The Morgan fingerprint density at radius 1 is 1.53 bits per heavy atom. The molecule has 7 heteroatoms. The zero-order valence-corrected chi connectivity index (χ0v) is 12.9. The summed E-state index contributed by atoms with van der Waals surface area (Å²) in [6.45, 7) is 2.87. The summed E-state index contributed by atoms with van der Waals surface area (Å²) in [6, 6.07) is 4.46. The highest BCUT2D eigenvalue weighted by atomic mass is 35.5. The predicted octanol–water partition coefficient (Wildman–Crippen LogP) is 1.96. The summed E-state index contributed by atoms with van der Waals surface area (Å²) in [6.07, 6.45) is 0. The molecule has 0 aliphatic carbocycles. The fraction of sp³-hybridized carbons (Fsp3) is 0.500. The van der Waals surface area contributed by atoms with Crippen LogP contribution in [-0.2, 0) is 16.6 Å². The van der Waals surface area contributed by atoms with Gasteiger partial charge in [-0.05, 0) is 17.7 Å². The van der Waals surface area contributed by atoms with Gasteiger partial charge in [-0.25, -0.2) is 8.42 Å². The van der Waals surface area contributed by atoms with E-state index >= 15 is 0 Å². The molecule has 4 nitrogen and oxygen atoms in total. The molecule has 0 amide bonds. The fourth-order valence-electron chi connectivity index (χ4n) is 1.97. The molecule has 106 valence electrons. The molecule has 1 saturated heterocycles. The lowest BCUT2D eigenvalue weighted by molar-refractivity contribution is 0.282. The van der Waals surface area contributed by atoms with E-state index in [1.54, 1.807) is 17.8 Å². The Hall–Kier alpha value is -0.270. The SMILES string of the molecule is CC1CN(S(=O)(=O)c2ccc(CO)c(Cl)c2)CCS1. The lowest BCUT2D eigenvalue weighted by atomic mass is 10.2. The average Bonchev–Trinajstić information content (AvgIpc) is 2.38. The number of halogens is 1. The molecule has 0 spiro atoms. The summed E-state index contributed by atoms with van der Waals surface area (Å²) in [5.41, 5.74) is 0.531. The molecule has 1 fully saturated rings. The van der Waals surface area contributed by atoms with Gasteiger partial charge in [-0.3, -0.25) is 0 Å². The van der Waals surface area contributed by atoms with E-state index < -0.39 is 10.0 Å². The van der Waals surface area contributed by atoms with Crippen molar-refractivity contribution in [3.8, 4) is 0 Å². The highest BCUT2D eigenvalue weighted by Crippen LogP contribution is 2.27. The number of sulfonamides is 1. The van der Waals surface area contributed by atoms with Crippen LogP contribution in [0.25, 0.3) is 0 Å². The Labute approximate surface area is 122 Å². The smallest absolute Gasteiger partial charge is 0.243 e. The van der Waals surface area contributed by atoms with Crippen molar-refractivity contribution in [2.45, 2.75) is 23.7 Å². The minimum atomic E-state index is -3.49. The monoisotopic (exact) mass is 321 g/mol. The maximum Gasteiger partial charge on any atom is 0.243 e. The number of benzene rings is 1. The van der Waals surface area contributed by atoms with Crippen molar-refractivity contribution < 1.29 is 13.5 Å². The van der Waals surface area contributed by atoms with Crippen LogP contribution in [0.1, 0.15) is 12.5 Å². The molecule has 1 aliphatic rings. The second kappa shape index (κ2) is 6.01. The molecule has 1 heterocycles. The van der Waals surface area contributed by atoms with Gasteiger partial charge in [-0.1, -0.05) is 24.6 Å². The van der Waals surface area contributed by atoms with Crippen molar-refractivity contribution in [1.29, 1.82) is 0 Å². The molecular formula is C12H16ClNO3S2. The van der Waals surface area contributed by atoms with Gasteiger partial charge in [0.15, 0.2) is 0 Å². The molecular weight excluding hydrogens is 306 g/mol. The summed E-state index contributed by atoms with van der Waals surface area (Å²) in [5, 5.41) is 9.63. The van der Waals surface area contributed by atoms with Gasteiger partial charge in [0, 0.05) is 29.1 Å². The van der Waals surface area contributed by atoms with Crippen LogP contribution in [-0.4, -0.2) is 41.9 Å². The second-order valence-electron chi connectivity index (χ2n) is 4.46. The summed E-state index contributed by atoms with van der Waals surface area (Å²) >= 11 is 7.73. The third-order valence-electron chi connectivity index (χ3n) is 3.04. The number of hydrogen-bond donors (Lipinski definition) is 1. The maximum absolute atomic E-state index is 12.5. The standard InChI is InChI=1S/C12H16ClNO3S2/c1-9-7-14(4-5-18-9)19(16,17)11-3-2-10(8-15)12(13)6-11/h2-3,6,9,15H,4-5,7-8H2,1H3. The molecule has 1 N–H and O–H groups in total. The Morgan fingerprint density at radius 2 is 2.26 bits per heavy atom. The van der Waals surface area contributed by atoms with E-state index in [1.807, 2.05) is 6.92 Å². The number of aliphatic hydroxyl groups excluding tert-OH is 1. The van der Waals surface area contributed by atoms with Crippen molar-refractivity contribution in [3.05, 3.63) is 28.8 Å². The Balaban J connectivity index is 2.31. The number of aliphatic hydroxyl groups is 1. The molecule has 19 heavy (non-hydrogen) atoms. The van der Waals surface area contributed by atoms with Crippen molar-refractivity contribution in [2.75, 3.05) is 18.8 Å². The van der Waals surface area contributed by atoms with Crippen LogP contribution in [0.3, 0.4) is 0 Å². The highest BCUT2D eigenvalue weighted by molar-refractivity contribution is 8.00. The minimum Gasteiger partial charge on any atom is -0.392 e. The van der Waals surface area contributed by atoms with Crippen LogP contribution >= 0.6 is 23.4 Å². The Kier molecular flexibility index (Phi) is 4.79. The van der Waals surface area contributed by atoms with E-state index in [0.717, 1.165) is 5.75 Å². The van der Waals surface area contributed by atoms with Crippen LogP contribution in [0, 0.1) is 0 Å². The summed E-state index contributed by atoms with van der Waals surface area (Å²) in [4.78, 5) is 0.189. The molecule has 1 unspecified atom stereocenters. The average molecular weight is 322 g/mol. The third-order valence-corrected chi connectivity index (χ3v) is 6.39. The summed E-state index contributed by atoms with van der Waals surface area (Å²) in [5.74, 6) is 0.808. The first-order chi connectivity index (χ1) is 8.95. The van der Waals surface area contributed by atoms with Crippen LogP contribution in [0.5, 0.6) is 0 Å². The van der Waals surface area contributed by atoms with E-state index in [-0.39, 0.29) is 16.5 Å². The first kappa shape index (κ1) is 15.1. The lowest BCUT2D eigenvalue weighted by Gasteiger charge is -2.29. The van der Waals surface area contributed by atoms with Crippen LogP contribution in [0.4, 0.5) is 0 Å². The fourth-order valence-corrected chi connectivity index (χ4v) is 5.06. The van der Waals surface area contributed by atoms with Gasteiger partial charge in [0.1, 0.15) is 0 Å². The number of rotatable bonds is 3. The summed E-state index contributed by atoms with van der Waals surface area (Å²) < 4.78 is 26.5. The van der Waals surface area contributed by atoms with Crippen molar-refractivity contribution in [3.63, 3.8) is 0 Å². The molecule has 2 rings (SSSR count). The van der Waals surface area contributed by atoms with Gasteiger partial charge in [-0.15, -0.1) is 0 Å². The molecule has 1 aromatic rings. The first-order valence-electron chi connectivity index (χ1n) is 5.96. The topological polar surface area (TPSA) is 57.6 Å². The molecule has 1 atom stereocenters.